The molecule has 0 N–H and O–H groups in total. The smallest absolute Gasteiger partial charge is 0.0465 e. The van der Waals surface area contributed by atoms with Crippen molar-refractivity contribution in [3.05, 3.63) is 274 Å². The largest absolute Gasteiger partial charge is 0.310 e. The standard InChI is InChI=1S/C78H70N2/c1-73(2)47-48-42-51(80(54-34-39-62-58-22-14-18-26-67(58)76(7,8)71(62)45-54)55-35-40-63-59-23-15-19-27-68(59)77(9,10)72(63)46-55)36-41-64(48)78(73,11)49-28-30-50(31-29-49)79(52-32-37-60-56-20-12-16-24-65(56)74(3,4)69(60)43-52)53-33-38-61-57-21-13-17-25-66(57)75(5,6)70(61)44-53/h12-46H,47H2,1-11H3. The SMILES string of the molecule is CC1(C)c2ccccc2-c2ccc(N(c3ccc(C4(C)c5ccc(N(c6ccc7c(c6)C(C)(C)c6ccccc6-7)c6ccc7c(c6)C(C)(C)c6ccccc6-7)cc5CC4(C)C)cc3)c3ccc4c(c3)C(C)(C)c3ccccc3-4)cc21. The minimum atomic E-state index is -0.255. The van der Waals surface area contributed by atoms with E-state index in [1.165, 1.54) is 134 Å². The third-order valence-corrected chi connectivity index (χ3v) is 20.9. The second-order valence-electron chi connectivity index (χ2n) is 26.8. The molecule has 10 aromatic rings. The summed E-state index contributed by atoms with van der Waals surface area (Å²) in [6.45, 7) is 26.6. The summed E-state index contributed by atoms with van der Waals surface area (Å²) in [5.41, 5.74) is 32.2. The molecule has 2 heteroatoms. The van der Waals surface area contributed by atoms with Crippen LogP contribution in [0.1, 0.15) is 137 Å². The van der Waals surface area contributed by atoms with Crippen molar-refractivity contribution in [2.75, 3.05) is 9.80 Å². The van der Waals surface area contributed by atoms with Gasteiger partial charge in [0.2, 0.25) is 0 Å². The van der Waals surface area contributed by atoms with Crippen molar-refractivity contribution in [3.8, 4) is 44.5 Å². The van der Waals surface area contributed by atoms with Crippen LogP contribution in [0.4, 0.5) is 34.1 Å². The molecule has 1 unspecified atom stereocenters. The lowest BCUT2D eigenvalue weighted by atomic mass is 9.63. The maximum atomic E-state index is 2.54. The maximum absolute atomic E-state index is 2.54. The third kappa shape index (κ3) is 6.54. The van der Waals surface area contributed by atoms with E-state index in [0.29, 0.717) is 0 Å². The number of hydrogen-bond acceptors (Lipinski definition) is 2. The number of anilines is 6. The van der Waals surface area contributed by atoms with Crippen molar-refractivity contribution in [1.29, 1.82) is 0 Å². The fourth-order valence-electron chi connectivity index (χ4n) is 16.1. The van der Waals surface area contributed by atoms with E-state index in [-0.39, 0.29) is 32.5 Å². The highest BCUT2D eigenvalue weighted by Crippen LogP contribution is 2.59. The number of nitrogens with zero attached hydrogens (tertiary/aromatic N) is 2. The van der Waals surface area contributed by atoms with Crippen molar-refractivity contribution in [1.82, 2.24) is 0 Å². The summed E-state index contributed by atoms with van der Waals surface area (Å²) in [5, 5.41) is 0. The molecule has 0 radical (unpaired) electrons. The monoisotopic (exact) mass is 1030 g/mol. The van der Waals surface area contributed by atoms with Crippen LogP contribution in [0, 0.1) is 5.41 Å². The molecule has 2 nitrogen and oxygen atoms in total. The van der Waals surface area contributed by atoms with E-state index in [0.717, 1.165) is 12.1 Å². The molecule has 0 saturated heterocycles. The normalized spacial score (nSPS) is 18.7. The lowest BCUT2D eigenvalue weighted by Crippen LogP contribution is -2.36. The first-order chi connectivity index (χ1) is 38.3. The second-order valence-corrected chi connectivity index (χ2v) is 26.8. The van der Waals surface area contributed by atoms with Gasteiger partial charge in [0.25, 0.3) is 0 Å². The highest BCUT2D eigenvalue weighted by Gasteiger charge is 2.50. The number of hydrogen-bond donors (Lipinski definition) is 0. The quantitative estimate of drug-likeness (QED) is 0.157. The van der Waals surface area contributed by atoms with Gasteiger partial charge in [-0.05, 0) is 190 Å². The maximum Gasteiger partial charge on any atom is 0.0465 e. The van der Waals surface area contributed by atoms with Gasteiger partial charge in [0.1, 0.15) is 0 Å². The fourth-order valence-corrected chi connectivity index (χ4v) is 16.1. The van der Waals surface area contributed by atoms with E-state index in [2.05, 4.69) is 298 Å². The average Bonchev–Trinajstić information content (AvgIpc) is 4.31. The summed E-state index contributed by atoms with van der Waals surface area (Å²) in [5.74, 6) is 0. The van der Waals surface area contributed by atoms with Crippen molar-refractivity contribution in [2.45, 2.75) is 110 Å². The highest BCUT2D eigenvalue weighted by molar-refractivity contribution is 5.91. The van der Waals surface area contributed by atoms with Gasteiger partial charge in [-0.1, -0.05) is 216 Å². The van der Waals surface area contributed by atoms with Gasteiger partial charge in [0, 0.05) is 61.2 Å². The lowest BCUT2D eigenvalue weighted by molar-refractivity contribution is 0.247. The fraction of sp³-hybridized carbons (Fsp3) is 0.231. The second kappa shape index (κ2) is 16.5. The van der Waals surface area contributed by atoms with E-state index in [1.54, 1.807) is 0 Å². The van der Waals surface area contributed by atoms with Crippen LogP contribution in [0.2, 0.25) is 0 Å². The Bertz CT molecular complexity index is 4060. The van der Waals surface area contributed by atoms with Crippen LogP contribution < -0.4 is 9.80 Å². The van der Waals surface area contributed by atoms with E-state index < -0.39 is 0 Å². The average molecular weight is 1040 g/mol. The Morgan fingerprint density at radius 2 is 0.525 bits per heavy atom. The van der Waals surface area contributed by atoms with Gasteiger partial charge in [-0.3, -0.25) is 0 Å². The summed E-state index contributed by atoms with van der Waals surface area (Å²) < 4.78 is 0. The van der Waals surface area contributed by atoms with Crippen molar-refractivity contribution >= 4 is 34.1 Å². The molecule has 0 spiro atoms. The molecule has 10 aromatic carbocycles. The molecule has 0 fully saturated rings. The zero-order valence-corrected chi connectivity index (χ0v) is 48.3. The van der Waals surface area contributed by atoms with Crippen LogP contribution in [-0.4, -0.2) is 0 Å². The van der Waals surface area contributed by atoms with Crippen molar-refractivity contribution < 1.29 is 0 Å². The van der Waals surface area contributed by atoms with Crippen LogP contribution in [0.15, 0.2) is 212 Å². The number of rotatable bonds is 7. The Hall–Kier alpha value is -8.20. The molecule has 0 aromatic heterocycles. The first-order valence-corrected chi connectivity index (χ1v) is 29.1. The Morgan fingerprint density at radius 1 is 0.250 bits per heavy atom. The molecule has 392 valence electrons. The predicted octanol–water partition coefficient (Wildman–Crippen LogP) is 20.7. The summed E-state index contributed by atoms with van der Waals surface area (Å²) in [7, 11) is 0. The van der Waals surface area contributed by atoms with E-state index in [1.807, 2.05) is 0 Å². The summed E-state index contributed by atoms with van der Waals surface area (Å²) in [4.78, 5) is 5.06. The van der Waals surface area contributed by atoms with Gasteiger partial charge < -0.3 is 9.80 Å². The number of benzene rings is 10. The molecular formula is C78H70N2. The molecule has 5 aliphatic carbocycles. The van der Waals surface area contributed by atoms with Crippen LogP contribution in [-0.2, 0) is 33.5 Å². The van der Waals surface area contributed by atoms with Crippen molar-refractivity contribution in [3.63, 3.8) is 0 Å². The minimum Gasteiger partial charge on any atom is -0.310 e. The lowest BCUT2D eigenvalue weighted by Gasteiger charge is -2.40. The van der Waals surface area contributed by atoms with Gasteiger partial charge in [-0.2, -0.15) is 0 Å². The van der Waals surface area contributed by atoms with Crippen LogP contribution >= 0.6 is 0 Å². The Kier molecular flexibility index (Phi) is 10.1. The summed E-state index contributed by atoms with van der Waals surface area (Å²) in [6.07, 6.45) is 0.966. The molecule has 0 amide bonds. The molecule has 80 heavy (non-hydrogen) atoms. The van der Waals surface area contributed by atoms with E-state index in [4.69, 9.17) is 0 Å². The third-order valence-electron chi connectivity index (χ3n) is 20.9. The van der Waals surface area contributed by atoms with Crippen molar-refractivity contribution in [2.24, 2.45) is 5.41 Å². The Balaban J connectivity index is 0.838. The first-order valence-electron chi connectivity index (χ1n) is 29.1. The summed E-state index contributed by atoms with van der Waals surface area (Å²) >= 11 is 0. The molecule has 1 atom stereocenters. The van der Waals surface area contributed by atoms with Gasteiger partial charge in [0.05, 0.1) is 0 Å². The van der Waals surface area contributed by atoms with E-state index >= 15 is 0 Å². The number of fused-ring (bicyclic) bond motifs is 13. The van der Waals surface area contributed by atoms with Gasteiger partial charge in [-0.25, -0.2) is 0 Å². The van der Waals surface area contributed by atoms with Crippen LogP contribution in [0.25, 0.3) is 44.5 Å². The highest BCUT2D eigenvalue weighted by atomic mass is 15.1. The predicted molar refractivity (Wildman–Crippen MR) is 336 cm³/mol. The molecule has 0 aliphatic heterocycles. The molecule has 5 aliphatic rings. The molecular weight excluding hydrogens is 965 g/mol. The molecule has 15 rings (SSSR count). The molecule has 0 saturated carbocycles. The van der Waals surface area contributed by atoms with Gasteiger partial charge in [-0.15, -0.1) is 0 Å². The zero-order valence-electron chi connectivity index (χ0n) is 48.3. The Morgan fingerprint density at radius 3 is 0.875 bits per heavy atom. The van der Waals surface area contributed by atoms with Crippen LogP contribution in [0.5, 0.6) is 0 Å². The molecule has 0 heterocycles. The van der Waals surface area contributed by atoms with Gasteiger partial charge in [0.15, 0.2) is 0 Å². The first kappa shape index (κ1) is 48.9. The van der Waals surface area contributed by atoms with Crippen LogP contribution in [0.3, 0.4) is 0 Å². The van der Waals surface area contributed by atoms with Gasteiger partial charge >= 0.3 is 0 Å². The topological polar surface area (TPSA) is 6.48 Å². The summed E-state index contributed by atoms with van der Waals surface area (Å²) in [6, 6.07) is 81.8. The zero-order chi connectivity index (χ0) is 55.0. The minimum absolute atomic E-state index is 0.0755. The van der Waals surface area contributed by atoms with E-state index in [9.17, 15) is 0 Å². The Labute approximate surface area is 474 Å². The molecule has 0 bridgehead atoms.